The maximum Gasteiger partial charge on any atom is 0.0445 e. The van der Waals surface area contributed by atoms with Crippen LogP contribution in [-0.4, -0.2) is 13.8 Å². The van der Waals surface area contributed by atoms with Crippen LogP contribution in [0.5, 0.6) is 0 Å². The first-order chi connectivity index (χ1) is 7.54. The zero-order valence-corrected chi connectivity index (χ0v) is 12.5. The second-order valence-electron chi connectivity index (χ2n) is 5.95. The number of rotatable bonds is 3. The first-order valence-corrected chi connectivity index (χ1v) is 11.0. The molecular weight excluding hydrogens is 228 g/mol. The molecule has 0 aliphatic carbocycles. The van der Waals surface area contributed by atoms with Gasteiger partial charge in [0.1, 0.15) is 0 Å². The Morgan fingerprint density at radius 3 is 2.81 bits per heavy atom. The van der Waals surface area contributed by atoms with Crippen molar-refractivity contribution in [1.82, 2.24) is 0 Å². The Bertz CT molecular complexity index is 365. The molecule has 0 spiro atoms. The van der Waals surface area contributed by atoms with Crippen LogP contribution < -0.4 is 0 Å². The van der Waals surface area contributed by atoms with E-state index in [0.717, 1.165) is 0 Å². The molecule has 0 atom stereocenters. The van der Waals surface area contributed by atoms with E-state index in [9.17, 15) is 0 Å². The molecule has 0 unspecified atom stereocenters. The molecule has 1 aliphatic rings. The predicted octanol–water partition coefficient (Wildman–Crippen LogP) is 4.61. The molecule has 0 amide bonds. The van der Waals surface area contributed by atoms with Crippen molar-refractivity contribution in [3.05, 3.63) is 29.3 Å². The Kier molecular flexibility index (Phi) is 3.80. The van der Waals surface area contributed by atoms with Gasteiger partial charge in [-0.1, -0.05) is 37.8 Å². The minimum atomic E-state index is -0.881. The lowest BCUT2D eigenvalue weighted by atomic mass is 10.0. The average molecular weight is 250 g/mol. The third kappa shape index (κ3) is 3.39. The highest BCUT2D eigenvalue weighted by Crippen LogP contribution is 2.31. The van der Waals surface area contributed by atoms with Crippen LogP contribution in [0.25, 0.3) is 0 Å². The highest BCUT2D eigenvalue weighted by atomic mass is 32.2. The normalized spacial score (nSPS) is 15.9. The fraction of sp³-hybridized carbons (Fsp3) is 0.571. The molecule has 0 aromatic heterocycles. The van der Waals surface area contributed by atoms with Crippen molar-refractivity contribution in [1.29, 1.82) is 0 Å². The van der Waals surface area contributed by atoms with Crippen molar-refractivity contribution in [2.24, 2.45) is 0 Å². The third-order valence-electron chi connectivity index (χ3n) is 3.14. The Balaban J connectivity index is 2.06. The van der Waals surface area contributed by atoms with E-state index in [1.807, 2.05) is 11.8 Å². The van der Waals surface area contributed by atoms with Gasteiger partial charge < -0.3 is 0 Å². The van der Waals surface area contributed by atoms with Gasteiger partial charge in [0.25, 0.3) is 0 Å². The van der Waals surface area contributed by atoms with Crippen LogP contribution in [0, 0.1) is 0 Å². The molecule has 1 aromatic carbocycles. The lowest BCUT2D eigenvalue weighted by Crippen LogP contribution is -2.19. The molecule has 0 fully saturated rings. The molecule has 88 valence electrons. The minimum absolute atomic E-state index is 0.881. The van der Waals surface area contributed by atoms with Crippen molar-refractivity contribution < 1.29 is 0 Å². The Labute approximate surface area is 105 Å². The van der Waals surface area contributed by atoms with Gasteiger partial charge in [0.05, 0.1) is 0 Å². The highest BCUT2D eigenvalue weighted by Gasteiger charge is 2.14. The van der Waals surface area contributed by atoms with Crippen LogP contribution in [0.3, 0.4) is 0 Å². The van der Waals surface area contributed by atoms with E-state index in [2.05, 4.69) is 37.8 Å². The van der Waals surface area contributed by atoms with Crippen LogP contribution in [-0.2, 0) is 12.8 Å². The number of benzene rings is 1. The molecule has 1 heterocycles. The van der Waals surface area contributed by atoms with Gasteiger partial charge in [0.15, 0.2) is 0 Å². The van der Waals surface area contributed by atoms with Gasteiger partial charge in [-0.05, 0) is 42.2 Å². The molecule has 1 aromatic rings. The monoisotopic (exact) mass is 250 g/mol. The first kappa shape index (κ1) is 12.2. The summed E-state index contributed by atoms with van der Waals surface area (Å²) in [6.45, 7) is 7.38. The molecule has 2 rings (SSSR count). The second kappa shape index (κ2) is 4.97. The van der Waals surface area contributed by atoms with E-state index in [0.29, 0.717) is 0 Å². The predicted molar refractivity (Wildman–Crippen MR) is 77.3 cm³/mol. The number of hydrogen-bond acceptors (Lipinski definition) is 1. The molecule has 0 N–H and O–H groups in total. The molecule has 0 saturated heterocycles. The maximum atomic E-state index is 2.46. The number of fused-ring (bicyclic) bond motifs is 1. The second-order valence-corrected chi connectivity index (χ2v) is 12.7. The minimum Gasteiger partial charge on any atom is -0.126 e. The standard InChI is InChI=1S/C14H22SSi/c1-16(2,3)10-8-12-6-7-14-13(11-12)5-4-9-15-14/h6-7,11H,4-5,8-10H2,1-3H3. The van der Waals surface area contributed by atoms with Crippen molar-refractivity contribution in [3.63, 3.8) is 0 Å². The Hall–Kier alpha value is -0.213. The largest absolute Gasteiger partial charge is 0.126 e. The quantitative estimate of drug-likeness (QED) is 0.706. The van der Waals surface area contributed by atoms with Gasteiger partial charge >= 0.3 is 0 Å². The molecule has 16 heavy (non-hydrogen) atoms. The van der Waals surface area contributed by atoms with Gasteiger partial charge in [-0.3, -0.25) is 0 Å². The van der Waals surface area contributed by atoms with Crippen molar-refractivity contribution in [2.45, 2.75) is 49.8 Å². The molecule has 0 nitrogen and oxygen atoms in total. The summed E-state index contributed by atoms with van der Waals surface area (Å²) < 4.78 is 0. The third-order valence-corrected chi connectivity index (χ3v) is 6.09. The van der Waals surface area contributed by atoms with Gasteiger partial charge in [-0.15, -0.1) is 11.8 Å². The fourth-order valence-electron chi connectivity index (χ4n) is 2.09. The average Bonchev–Trinajstić information content (AvgIpc) is 2.25. The van der Waals surface area contributed by atoms with Crippen LogP contribution in [0.1, 0.15) is 17.5 Å². The zero-order chi connectivity index (χ0) is 11.6. The maximum absolute atomic E-state index is 2.46. The van der Waals surface area contributed by atoms with Crippen LogP contribution in [0.4, 0.5) is 0 Å². The summed E-state index contributed by atoms with van der Waals surface area (Å²) in [5, 5.41) is 0. The summed E-state index contributed by atoms with van der Waals surface area (Å²) in [6.07, 6.45) is 3.94. The number of aryl methyl sites for hydroxylation is 2. The van der Waals surface area contributed by atoms with Crippen LogP contribution in [0.15, 0.2) is 23.1 Å². The van der Waals surface area contributed by atoms with E-state index in [1.165, 1.54) is 36.0 Å². The van der Waals surface area contributed by atoms with E-state index < -0.39 is 8.07 Å². The van der Waals surface area contributed by atoms with E-state index in [-0.39, 0.29) is 0 Å². The first-order valence-electron chi connectivity index (χ1n) is 6.29. The molecule has 0 radical (unpaired) electrons. The van der Waals surface area contributed by atoms with Crippen LogP contribution >= 0.6 is 11.8 Å². The van der Waals surface area contributed by atoms with Gasteiger partial charge in [0.2, 0.25) is 0 Å². The van der Waals surface area contributed by atoms with E-state index >= 15 is 0 Å². The molecule has 2 heteroatoms. The Morgan fingerprint density at radius 2 is 2.06 bits per heavy atom. The molecule has 1 aliphatic heterocycles. The lowest BCUT2D eigenvalue weighted by Gasteiger charge is -2.18. The van der Waals surface area contributed by atoms with Crippen molar-refractivity contribution in [2.75, 3.05) is 5.75 Å². The Morgan fingerprint density at radius 1 is 1.25 bits per heavy atom. The fourth-order valence-corrected chi connectivity index (χ4v) is 4.15. The van der Waals surface area contributed by atoms with Crippen molar-refractivity contribution in [3.8, 4) is 0 Å². The summed E-state index contributed by atoms with van der Waals surface area (Å²) >= 11 is 2.03. The van der Waals surface area contributed by atoms with E-state index in [1.54, 1.807) is 11.1 Å². The van der Waals surface area contributed by atoms with Crippen LogP contribution in [0.2, 0.25) is 25.7 Å². The summed E-state index contributed by atoms with van der Waals surface area (Å²) in [6, 6.07) is 8.57. The SMILES string of the molecule is C[Si](C)(C)CCc1ccc2c(c1)CCCS2. The summed E-state index contributed by atoms with van der Waals surface area (Å²) in [5.41, 5.74) is 3.16. The highest BCUT2D eigenvalue weighted by molar-refractivity contribution is 7.99. The van der Waals surface area contributed by atoms with Gasteiger partial charge in [-0.25, -0.2) is 0 Å². The molecular formula is C14H22SSi. The summed E-state index contributed by atoms with van der Waals surface area (Å²) in [5.74, 6) is 1.31. The van der Waals surface area contributed by atoms with Crippen molar-refractivity contribution >= 4 is 19.8 Å². The molecule has 0 saturated carbocycles. The number of hydrogen-bond donors (Lipinski definition) is 0. The lowest BCUT2D eigenvalue weighted by molar-refractivity contribution is 0.883. The summed E-state index contributed by atoms with van der Waals surface area (Å²) in [4.78, 5) is 1.53. The number of thioether (sulfide) groups is 1. The van der Waals surface area contributed by atoms with E-state index in [4.69, 9.17) is 0 Å². The summed E-state index contributed by atoms with van der Waals surface area (Å²) in [7, 11) is -0.881. The topological polar surface area (TPSA) is 0 Å². The van der Waals surface area contributed by atoms with Gasteiger partial charge in [-0.2, -0.15) is 0 Å². The smallest absolute Gasteiger partial charge is 0.0445 e. The van der Waals surface area contributed by atoms with Gasteiger partial charge in [0, 0.05) is 13.0 Å². The zero-order valence-electron chi connectivity index (χ0n) is 10.7. The molecule has 0 bridgehead atoms.